The number of benzene rings is 1. The fraction of sp³-hybridized carbons (Fsp3) is 0.529. The Morgan fingerprint density at radius 3 is 2.38 bits per heavy atom. The van der Waals surface area contributed by atoms with Crippen LogP contribution in [0.4, 0.5) is 18.9 Å². The third-order valence-electron chi connectivity index (χ3n) is 4.96. The van der Waals surface area contributed by atoms with Crippen molar-refractivity contribution >= 4 is 5.69 Å². The molecule has 21 heavy (non-hydrogen) atoms. The maximum atomic E-state index is 13.3. The van der Waals surface area contributed by atoms with E-state index in [2.05, 4.69) is 25.2 Å². The standard InChI is InChI=1S/C17H20F3N/c1-9-3-4-12-10(2)6-16(13(12)5-9)21-11-7-14(18)17(20)15(19)8-11/h6-10,12-13,21H,3-5H2,1-2H3/t9-,10?,12+,13-/m1/s1. The van der Waals surface area contributed by atoms with E-state index >= 15 is 0 Å². The molecule has 1 saturated carbocycles. The lowest BCUT2D eigenvalue weighted by Crippen LogP contribution is -2.26. The summed E-state index contributed by atoms with van der Waals surface area (Å²) >= 11 is 0. The Balaban J connectivity index is 1.83. The normalized spacial score (nSPS) is 31.8. The molecule has 114 valence electrons. The molecule has 1 N–H and O–H groups in total. The molecule has 1 fully saturated rings. The number of rotatable bonds is 2. The van der Waals surface area contributed by atoms with Gasteiger partial charge in [0.1, 0.15) is 0 Å². The van der Waals surface area contributed by atoms with Crippen molar-refractivity contribution in [2.75, 3.05) is 5.32 Å². The number of hydrogen-bond donors (Lipinski definition) is 1. The Bertz CT molecular complexity index is 558. The Kier molecular flexibility index (Phi) is 3.72. The van der Waals surface area contributed by atoms with Crippen LogP contribution in [0.2, 0.25) is 0 Å². The monoisotopic (exact) mass is 295 g/mol. The number of hydrogen-bond acceptors (Lipinski definition) is 1. The van der Waals surface area contributed by atoms with Crippen molar-refractivity contribution in [1.29, 1.82) is 0 Å². The highest BCUT2D eigenvalue weighted by Crippen LogP contribution is 2.47. The molecule has 1 aromatic rings. The van der Waals surface area contributed by atoms with Gasteiger partial charge in [0.05, 0.1) is 0 Å². The molecule has 2 aliphatic rings. The Morgan fingerprint density at radius 1 is 1.05 bits per heavy atom. The second kappa shape index (κ2) is 5.39. The first kappa shape index (κ1) is 14.5. The van der Waals surface area contributed by atoms with E-state index < -0.39 is 17.5 Å². The molecule has 1 unspecified atom stereocenters. The minimum Gasteiger partial charge on any atom is -0.359 e. The van der Waals surface area contributed by atoms with Gasteiger partial charge < -0.3 is 5.32 Å². The van der Waals surface area contributed by atoms with Crippen LogP contribution < -0.4 is 5.32 Å². The number of halogens is 3. The summed E-state index contributed by atoms with van der Waals surface area (Å²) < 4.78 is 39.6. The number of nitrogens with one attached hydrogen (secondary N) is 1. The van der Waals surface area contributed by atoms with Gasteiger partial charge in [0.2, 0.25) is 0 Å². The highest BCUT2D eigenvalue weighted by molar-refractivity contribution is 5.50. The van der Waals surface area contributed by atoms with Crippen molar-refractivity contribution < 1.29 is 13.2 Å². The van der Waals surface area contributed by atoms with Gasteiger partial charge >= 0.3 is 0 Å². The molecule has 2 aliphatic carbocycles. The van der Waals surface area contributed by atoms with E-state index in [9.17, 15) is 13.2 Å². The molecule has 0 amide bonds. The van der Waals surface area contributed by atoms with Crippen molar-refractivity contribution in [2.45, 2.75) is 33.1 Å². The van der Waals surface area contributed by atoms with Gasteiger partial charge in [-0.25, -0.2) is 13.2 Å². The van der Waals surface area contributed by atoms with Crippen molar-refractivity contribution in [3.8, 4) is 0 Å². The number of allylic oxidation sites excluding steroid dienone is 2. The lowest BCUT2D eigenvalue weighted by molar-refractivity contribution is 0.203. The molecule has 0 radical (unpaired) electrons. The molecule has 1 aromatic carbocycles. The molecule has 0 heterocycles. The first-order chi connectivity index (χ1) is 9.95. The van der Waals surface area contributed by atoms with E-state index in [4.69, 9.17) is 0 Å². The van der Waals surface area contributed by atoms with Crippen LogP contribution in [-0.4, -0.2) is 0 Å². The lowest BCUT2D eigenvalue weighted by atomic mass is 9.73. The van der Waals surface area contributed by atoms with E-state index in [0.717, 1.165) is 24.3 Å². The third kappa shape index (κ3) is 2.68. The SMILES string of the molecule is CC1C=C(Nc2cc(F)c(F)c(F)c2)[C@@H]2C[C@H](C)CC[C@@H]12. The summed E-state index contributed by atoms with van der Waals surface area (Å²) in [6.07, 6.45) is 5.69. The van der Waals surface area contributed by atoms with Crippen LogP contribution >= 0.6 is 0 Å². The Hall–Kier alpha value is -1.45. The third-order valence-corrected chi connectivity index (χ3v) is 4.96. The summed E-state index contributed by atoms with van der Waals surface area (Å²) in [6, 6.07) is 2.03. The van der Waals surface area contributed by atoms with Crippen LogP contribution in [0.3, 0.4) is 0 Å². The van der Waals surface area contributed by atoms with Crippen molar-refractivity contribution in [2.24, 2.45) is 23.7 Å². The van der Waals surface area contributed by atoms with Crippen molar-refractivity contribution in [3.05, 3.63) is 41.4 Å². The van der Waals surface area contributed by atoms with Gasteiger partial charge in [-0.3, -0.25) is 0 Å². The summed E-state index contributed by atoms with van der Waals surface area (Å²) in [4.78, 5) is 0. The average Bonchev–Trinajstić information content (AvgIpc) is 2.72. The number of anilines is 1. The van der Waals surface area contributed by atoms with E-state index in [1.54, 1.807) is 0 Å². The zero-order valence-corrected chi connectivity index (χ0v) is 12.3. The Morgan fingerprint density at radius 2 is 1.71 bits per heavy atom. The van der Waals surface area contributed by atoms with Crippen LogP contribution in [0.5, 0.6) is 0 Å². The number of fused-ring (bicyclic) bond motifs is 1. The topological polar surface area (TPSA) is 12.0 Å². The predicted molar refractivity (Wildman–Crippen MR) is 77.2 cm³/mol. The van der Waals surface area contributed by atoms with Gasteiger partial charge in [0.15, 0.2) is 17.5 Å². The van der Waals surface area contributed by atoms with Gasteiger partial charge in [-0.1, -0.05) is 26.3 Å². The van der Waals surface area contributed by atoms with Gasteiger partial charge in [-0.2, -0.15) is 0 Å². The quantitative estimate of drug-likeness (QED) is 0.748. The fourth-order valence-corrected chi connectivity index (χ4v) is 3.85. The van der Waals surface area contributed by atoms with E-state index in [1.165, 1.54) is 12.8 Å². The van der Waals surface area contributed by atoms with Crippen LogP contribution in [0.25, 0.3) is 0 Å². The molecule has 0 bridgehead atoms. The molecule has 0 saturated heterocycles. The maximum absolute atomic E-state index is 13.3. The summed E-state index contributed by atoms with van der Waals surface area (Å²) in [6.45, 7) is 4.43. The predicted octanol–water partition coefficient (Wildman–Crippen LogP) is 5.10. The van der Waals surface area contributed by atoms with E-state index in [1.807, 2.05) is 0 Å². The summed E-state index contributed by atoms with van der Waals surface area (Å²) in [5, 5.41) is 3.11. The molecule has 1 nitrogen and oxygen atoms in total. The van der Waals surface area contributed by atoms with Crippen LogP contribution in [0.15, 0.2) is 23.9 Å². The first-order valence-corrected chi connectivity index (χ1v) is 7.59. The van der Waals surface area contributed by atoms with Crippen LogP contribution in [0.1, 0.15) is 33.1 Å². The summed E-state index contributed by atoms with van der Waals surface area (Å²) in [5.41, 5.74) is 1.31. The molecule has 3 rings (SSSR count). The van der Waals surface area contributed by atoms with Gasteiger partial charge in [0, 0.05) is 29.4 Å². The summed E-state index contributed by atoms with van der Waals surface area (Å²) in [7, 11) is 0. The van der Waals surface area contributed by atoms with Crippen LogP contribution in [0, 0.1) is 41.1 Å². The highest BCUT2D eigenvalue weighted by Gasteiger charge is 2.38. The second-order valence-corrected chi connectivity index (χ2v) is 6.55. The minimum absolute atomic E-state index is 0.281. The molecule has 0 spiro atoms. The molecular formula is C17H20F3N. The fourth-order valence-electron chi connectivity index (χ4n) is 3.85. The lowest BCUT2D eigenvalue weighted by Gasteiger charge is -2.34. The van der Waals surface area contributed by atoms with Crippen molar-refractivity contribution in [3.63, 3.8) is 0 Å². The molecule has 4 atom stereocenters. The minimum atomic E-state index is -1.42. The zero-order valence-electron chi connectivity index (χ0n) is 12.3. The Labute approximate surface area is 123 Å². The smallest absolute Gasteiger partial charge is 0.194 e. The van der Waals surface area contributed by atoms with Gasteiger partial charge in [0.25, 0.3) is 0 Å². The first-order valence-electron chi connectivity index (χ1n) is 7.59. The maximum Gasteiger partial charge on any atom is 0.194 e. The van der Waals surface area contributed by atoms with E-state index in [-0.39, 0.29) is 5.69 Å². The summed E-state index contributed by atoms with van der Waals surface area (Å²) in [5.74, 6) is -1.56. The largest absolute Gasteiger partial charge is 0.359 e. The second-order valence-electron chi connectivity index (χ2n) is 6.55. The molecular weight excluding hydrogens is 275 g/mol. The molecule has 0 aromatic heterocycles. The zero-order chi connectivity index (χ0) is 15.1. The van der Waals surface area contributed by atoms with Gasteiger partial charge in [-0.15, -0.1) is 0 Å². The van der Waals surface area contributed by atoms with Crippen LogP contribution in [-0.2, 0) is 0 Å². The molecule has 0 aliphatic heterocycles. The van der Waals surface area contributed by atoms with E-state index in [0.29, 0.717) is 23.7 Å². The molecule has 4 heteroatoms. The average molecular weight is 295 g/mol. The van der Waals surface area contributed by atoms with Crippen molar-refractivity contribution in [1.82, 2.24) is 0 Å². The van der Waals surface area contributed by atoms with Gasteiger partial charge in [-0.05, 0) is 30.6 Å². The highest BCUT2D eigenvalue weighted by atomic mass is 19.2.